The zero-order valence-electron chi connectivity index (χ0n) is 40.9. The summed E-state index contributed by atoms with van der Waals surface area (Å²) in [7, 11) is -5.02. The second-order valence-electron chi connectivity index (χ2n) is 18.7. The monoisotopic (exact) mass is 935 g/mol. The first kappa shape index (κ1) is 61.1. The predicted molar refractivity (Wildman–Crippen MR) is 258 cm³/mol. The van der Waals surface area contributed by atoms with Crippen LogP contribution >= 0.6 is 7.82 Å². The number of carbonyl (C=O) groups excluding carboxylic acids is 1. The number of esters is 1. The summed E-state index contributed by atoms with van der Waals surface area (Å²) in [5.74, 6) is -0.476. The van der Waals surface area contributed by atoms with Gasteiger partial charge in [-0.15, -0.1) is 0 Å². The van der Waals surface area contributed by atoms with Crippen LogP contribution in [0.15, 0.2) is 12.2 Å². The molecule has 1 saturated carbocycles. The molecule has 1 rings (SSSR count). The first-order valence-corrected chi connectivity index (χ1v) is 28.0. The van der Waals surface area contributed by atoms with Crippen molar-refractivity contribution in [3.8, 4) is 0 Å². The third kappa shape index (κ3) is 33.5. The van der Waals surface area contributed by atoms with Crippen molar-refractivity contribution in [2.24, 2.45) is 0 Å². The van der Waals surface area contributed by atoms with E-state index in [1.165, 1.54) is 173 Å². The van der Waals surface area contributed by atoms with Crippen molar-refractivity contribution in [2.45, 2.75) is 288 Å². The molecule has 0 spiro atoms. The Hall–Kier alpha value is -0.920. The third-order valence-electron chi connectivity index (χ3n) is 12.6. The Bertz CT molecular complexity index is 1110. The molecule has 64 heavy (non-hydrogen) atoms. The number of aliphatic hydroxyl groups excluding tert-OH is 5. The number of hydrogen-bond acceptors (Lipinski definition) is 11. The number of rotatable bonds is 46. The molecule has 0 aromatic rings. The summed E-state index contributed by atoms with van der Waals surface area (Å²) in [6, 6.07) is 0. The van der Waals surface area contributed by atoms with Crippen molar-refractivity contribution in [2.75, 3.05) is 19.8 Å². The quantitative estimate of drug-likeness (QED) is 0.0147. The van der Waals surface area contributed by atoms with E-state index in [9.17, 15) is 39.8 Å². The summed E-state index contributed by atoms with van der Waals surface area (Å²) in [6.45, 7) is 4.30. The van der Waals surface area contributed by atoms with Gasteiger partial charge in [-0.1, -0.05) is 212 Å². The fraction of sp³-hybridized carbons (Fsp3) is 0.941. The largest absolute Gasteiger partial charge is 0.472 e. The number of unbranched alkanes of at least 4 members (excludes halogenated alkanes) is 32. The van der Waals surface area contributed by atoms with E-state index in [1.54, 1.807) is 0 Å². The van der Waals surface area contributed by atoms with Crippen LogP contribution < -0.4 is 0 Å². The molecule has 0 saturated heterocycles. The second-order valence-corrected chi connectivity index (χ2v) is 20.1. The molecule has 6 atom stereocenters. The van der Waals surface area contributed by atoms with Crippen LogP contribution in [0.1, 0.15) is 245 Å². The van der Waals surface area contributed by atoms with Gasteiger partial charge in [-0.3, -0.25) is 13.8 Å². The van der Waals surface area contributed by atoms with Crippen LogP contribution in [0.4, 0.5) is 0 Å². The van der Waals surface area contributed by atoms with Gasteiger partial charge in [0.2, 0.25) is 0 Å². The van der Waals surface area contributed by atoms with Gasteiger partial charge in [0.1, 0.15) is 42.7 Å². The summed E-state index contributed by atoms with van der Waals surface area (Å²) in [4.78, 5) is 23.2. The number of aliphatic hydroxyl groups is 5. The molecule has 0 aromatic carbocycles. The highest BCUT2D eigenvalue weighted by atomic mass is 31.2. The van der Waals surface area contributed by atoms with E-state index < -0.39 is 63.1 Å². The highest BCUT2D eigenvalue weighted by Gasteiger charge is 2.51. The van der Waals surface area contributed by atoms with Crippen molar-refractivity contribution in [1.82, 2.24) is 0 Å². The number of hydrogen-bond donors (Lipinski definition) is 6. The van der Waals surface area contributed by atoms with E-state index in [4.69, 9.17) is 18.5 Å². The molecule has 0 aromatic heterocycles. The van der Waals surface area contributed by atoms with E-state index in [-0.39, 0.29) is 13.0 Å². The number of phosphoric acid groups is 1. The van der Waals surface area contributed by atoms with Crippen LogP contribution in [-0.4, -0.2) is 98.9 Å². The smallest absolute Gasteiger partial charge is 0.457 e. The van der Waals surface area contributed by atoms with Gasteiger partial charge in [0.25, 0.3) is 0 Å². The van der Waals surface area contributed by atoms with Crippen LogP contribution in [0, 0.1) is 0 Å². The molecule has 0 heterocycles. The Morgan fingerprint density at radius 3 is 1.23 bits per heavy atom. The summed E-state index contributed by atoms with van der Waals surface area (Å²) >= 11 is 0. The summed E-state index contributed by atoms with van der Waals surface area (Å²) in [6.07, 6.45) is 35.6. The average molecular weight is 935 g/mol. The summed E-state index contributed by atoms with van der Waals surface area (Å²) in [5, 5.41) is 50.3. The molecule has 6 unspecified atom stereocenters. The number of carbonyl (C=O) groups is 1. The first-order chi connectivity index (χ1) is 31.0. The summed E-state index contributed by atoms with van der Waals surface area (Å²) < 4.78 is 34.3. The molecule has 1 fully saturated rings. The molecule has 1 aliphatic carbocycles. The molecule has 380 valence electrons. The summed E-state index contributed by atoms with van der Waals surface area (Å²) in [5.41, 5.74) is 0. The number of phosphoric ester groups is 1. The van der Waals surface area contributed by atoms with Crippen molar-refractivity contribution >= 4 is 13.8 Å². The van der Waals surface area contributed by atoms with E-state index in [0.29, 0.717) is 13.0 Å². The van der Waals surface area contributed by atoms with E-state index in [1.807, 2.05) is 0 Å². The van der Waals surface area contributed by atoms with E-state index >= 15 is 0 Å². The molecular formula is C51H99O12P. The van der Waals surface area contributed by atoms with Gasteiger partial charge in [0.15, 0.2) is 0 Å². The number of ether oxygens (including phenoxy) is 2. The topological polar surface area (TPSA) is 192 Å². The second kappa shape index (κ2) is 42.2. The molecular weight excluding hydrogens is 836 g/mol. The Balaban J connectivity index is 2.32. The molecule has 1 aliphatic rings. The lowest BCUT2D eigenvalue weighted by molar-refractivity contribution is -0.220. The lowest BCUT2D eigenvalue weighted by Crippen LogP contribution is -2.64. The van der Waals surface area contributed by atoms with Gasteiger partial charge in [-0.05, 0) is 38.5 Å². The fourth-order valence-electron chi connectivity index (χ4n) is 8.41. The predicted octanol–water partition coefficient (Wildman–Crippen LogP) is 11.9. The van der Waals surface area contributed by atoms with Crippen LogP contribution in [0.2, 0.25) is 0 Å². The Labute approximate surface area is 390 Å². The van der Waals surface area contributed by atoms with Crippen LogP contribution in [0.3, 0.4) is 0 Å². The van der Waals surface area contributed by atoms with Gasteiger partial charge >= 0.3 is 13.8 Å². The molecule has 0 bridgehead atoms. The fourth-order valence-corrected chi connectivity index (χ4v) is 9.38. The molecule has 0 radical (unpaired) electrons. The SMILES string of the molecule is CCCCCCCCC/C=C\CCCCCCCCCC(=O)OC(COCCCCCCCCCCCCCCCCCCCCC)COP(=O)(O)OC1C(O)C(O)C(O)C(O)C1O. The molecule has 12 nitrogen and oxygen atoms in total. The lowest BCUT2D eigenvalue weighted by Gasteiger charge is -2.41. The minimum absolute atomic E-state index is 0.0720. The normalized spacial score (nSPS) is 21.7. The number of allylic oxidation sites excluding steroid dienone is 2. The molecule has 0 aliphatic heterocycles. The maximum atomic E-state index is 12.9. The van der Waals surface area contributed by atoms with Gasteiger partial charge in [0, 0.05) is 13.0 Å². The van der Waals surface area contributed by atoms with Gasteiger partial charge in [-0.2, -0.15) is 0 Å². The highest BCUT2D eigenvalue weighted by Crippen LogP contribution is 2.47. The minimum atomic E-state index is -5.02. The Morgan fingerprint density at radius 1 is 0.484 bits per heavy atom. The minimum Gasteiger partial charge on any atom is -0.457 e. The van der Waals surface area contributed by atoms with Gasteiger partial charge in [0.05, 0.1) is 13.2 Å². The van der Waals surface area contributed by atoms with Crippen LogP contribution in [-0.2, 0) is 27.9 Å². The maximum absolute atomic E-state index is 12.9. The van der Waals surface area contributed by atoms with Crippen molar-refractivity contribution in [3.05, 3.63) is 12.2 Å². The Kier molecular flexibility index (Phi) is 40.3. The first-order valence-electron chi connectivity index (χ1n) is 26.5. The van der Waals surface area contributed by atoms with Crippen molar-refractivity contribution in [3.63, 3.8) is 0 Å². The highest BCUT2D eigenvalue weighted by molar-refractivity contribution is 7.47. The van der Waals surface area contributed by atoms with Crippen molar-refractivity contribution in [1.29, 1.82) is 0 Å². The molecule has 13 heteroatoms. The van der Waals surface area contributed by atoms with Gasteiger partial charge < -0.3 is 39.9 Å². The molecule has 6 N–H and O–H groups in total. The average Bonchev–Trinajstić information content (AvgIpc) is 3.28. The zero-order chi connectivity index (χ0) is 46.9. The van der Waals surface area contributed by atoms with Crippen LogP contribution in [0.5, 0.6) is 0 Å². The third-order valence-corrected chi connectivity index (χ3v) is 13.6. The van der Waals surface area contributed by atoms with E-state index in [2.05, 4.69) is 26.0 Å². The maximum Gasteiger partial charge on any atom is 0.472 e. The van der Waals surface area contributed by atoms with Gasteiger partial charge in [-0.25, -0.2) is 4.57 Å². The van der Waals surface area contributed by atoms with Crippen molar-refractivity contribution < 1.29 is 58.3 Å². The standard InChI is InChI=1S/C51H99O12P/c1-3-5-7-9-11-13-15-17-19-21-23-25-27-29-31-33-35-37-39-41-60-42-44(43-61-64(58,59)63-51-49(56)47(54)46(53)48(55)50(51)57)62-45(52)40-38-36-34-32-30-28-26-24-22-20-18-16-14-12-10-8-6-4-2/h20,22,44,46-51,53-57H,3-19,21,23-43H2,1-2H3,(H,58,59)/b22-20-. The lowest BCUT2D eigenvalue weighted by atomic mass is 9.85. The van der Waals surface area contributed by atoms with E-state index in [0.717, 1.165) is 44.9 Å². The van der Waals surface area contributed by atoms with Crippen LogP contribution in [0.25, 0.3) is 0 Å². The Morgan fingerprint density at radius 2 is 0.828 bits per heavy atom. The molecule has 0 amide bonds. The zero-order valence-corrected chi connectivity index (χ0v) is 41.7.